The third-order valence-electron chi connectivity index (χ3n) is 2.91. The highest BCUT2D eigenvalue weighted by atomic mass is 19.3. The quantitative estimate of drug-likeness (QED) is 0.847. The van der Waals surface area contributed by atoms with E-state index in [0.29, 0.717) is 11.1 Å². The van der Waals surface area contributed by atoms with Crippen LogP contribution in [0.3, 0.4) is 0 Å². The molecule has 0 radical (unpaired) electrons. The predicted octanol–water partition coefficient (Wildman–Crippen LogP) is 1.48. The molecule has 0 aliphatic carbocycles. The van der Waals surface area contributed by atoms with Crippen molar-refractivity contribution in [3.8, 4) is 5.75 Å². The molecule has 0 bridgehead atoms. The Hall–Kier alpha value is -2.48. The number of aliphatic hydroxyl groups is 1. The van der Waals surface area contributed by atoms with Gasteiger partial charge in [-0.3, -0.25) is 9.48 Å². The van der Waals surface area contributed by atoms with Crippen LogP contribution in [0, 0.1) is 0 Å². The van der Waals surface area contributed by atoms with E-state index in [1.807, 2.05) is 0 Å². The lowest BCUT2D eigenvalue weighted by atomic mass is 10.1. The lowest BCUT2D eigenvalue weighted by Gasteiger charge is -2.12. The molecule has 118 valence electrons. The summed E-state index contributed by atoms with van der Waals surface area (Å²) in [4.78, 5) is 11.8. The van der Waals surface area contributed by atoms with Gasteiger partial charge in [-0.1, -0.05) is 12.1 Å². The van der Waals surface area contributed by atoms with E-state index in [1.54, 1.807) is 13.2 Å². The lowest BCUT2D eigenvalue weighted by Crippen LogP contribution is -2.28. The van der Waals surface area contributed by atoms with Crippen LogP contribution >= 0.6 is 0 Å². The Bertz CT molecular complexity index is 629. The van der Waals surface area contributed by atoms with Gasteiger partial charge < -0.3 is 15.2 Å². The third kappa shape index (κ3) is 4.26. The van der Waals surface area contributed by atoms with Gasteiger partial charge in [0.05, 0.1) is 17.9 Å². The fraction of sp³-hybridized carbons (Fsp3) is 0.286. The lowest BCUT2D eigenvalue weighted by molar-refractivity contribution is -0.0498. The number of hydrogen-bond acceptors (Lipinski definition) is 4. The molecule has 1 amide bonds. The molecule has 2 aromatic rings. The van der Waals surface area contributed by atoms with Crippen LogP contribution < -0.4 is 10.1 Å². The van der Waals surface area contributed by atoms with E-state index in [-0.39, 0.29) is 18.2 Å². The highest BCUT2D eigenvalue weighted by Crippen LogP contribution is 2.19. The first kappa shape index (κ1) is 15.9. The van der Waals surface area contributed by atoms with Crippen molar-refractivity contribution < 1.29 is 23.4 Å². The first-order valence-electron chi connectivity index (χ1n) is 6.45. The first-order valence-corrected chi connectivity index (χ1v) is 6.45. The van der Waals surface area contributed by atoms with Gasteiger partial charge in [0, 0.05) is 19.8 Å². The van der Waals surface area contributed by atoms with E-state index in [4.69, 9.17) is 0 Å². The number of ether oxygens (including phenoxy) is 1. The summed E-state index contributed by atoms with van der Waals surface area (Å²) in [6.45, 7) is -2.91. The van der Waals surface area contributed by atoms with Crippen LogP contribution in [-0.2, 0) is 7.05 Å². The molecule has 0 saturated carbocycles. The Labute approximate surface area is 125 Å². The van der Waals surface area contributed by atoms with Crippen molar-refractivity contribution in [3.63, 3.8) is 0 Å². The Morgan fingerprint density at radius 1 is 1.41 bits per heavy atom. The number of halogens is 2. The van der Waals surface area contributed by atoms with Gasteiger partial charge in [0.2, 0.25) is 0 Å². The summed E-state index contributed by atoms with van der Waals surface area (Å²) < 4.78 is 29.8. The van der Waals surface area contributed by atoms with E-state index in [9.17, 15) is 18.7 Å². The summed E-state index contributed by atoms with van der Waals surface area (Å²) in [6.07, 6.45) is 2.01. The second-order valence-electron chi connectivity index (χ2n) is 4.58. The number of aryl methyl sites for hydroxylation is 1. The average Bonchev–Trinajstić information content (AvgIpc) is 2.91. The van der Waals surface area contributed by atoms with Crippen molar-refractivity contribution in [2.45, 2.75) is 12.7 Å². The van der Waals surface area contributed by atoms with Gasteiger partial charge in [-0.05, 0) is 17.7 Å². The first-order chi connectivity index (χ1) is 10.5. The molecule has 2 rings (SSSR count). The number of aliphatic hydroxyl groups excluding tert-OH is 1. The number of alkyl halides is 2. The van der Waals surface area contributed by atoms with Gasteiger partial charge in [0.25, 0.3) is 5.91 Å². The second-order valence-corrected chi connectivity index (χ2v) is 4.58. The predicted molar refractivity (Wildman–Crippen MR) is 73.6 cm³/mol. The molecule has 1 aromatic heterocycles. The minimum atomic E-state index is -2.89. The van der Waals surface area contributed by atoms with Gasteiger partial charge in [0.15, 0.2) is 0 Å². The minimum absolute atomic E-state index is 0.00495. The molecule has 2 N–H and O–H groups in total. The van der Waals surface area contributed by atoms with E-state index in [0.717, 1.165) is 0 Å². The largest absolute Gasteiger partial charge is 0.435 e. The average molecular weight is 311 g/mol. The smallest absolute Gasteiger partial charge is 0.387 e. The standard InChI is InChI=1S/C14H15F2N3O3/c1-19-8-10(6-18-19)13(21)17-7-12(20)9-2-4-11(5-3-9)22-14(15)16/h2-6,8,12,14,20H,7H2,1H3,(H,17,21). The van der Waals surface area contributed by atoms with Crippen molar-refractivity contribution in [3.05, 3.63) is 47.8 Å². The fourth-order valence-electron chi connectivity index (χ4n) is 1.82. The molecule has 8 heteroatoms. The Morgan fingerprint density at radius 2 is 2.09 bits per heavy atom. The maximum atomic E-state index is 12.0. The molecule has 0 aliphatic heterocycles. The van der Waals surface area contributed by atoms with Crippen molar-refractivity contribution in [2.75, 3.05) is 6.54 Å². The number of nitrogens with zero attached hydrogens (tertiary/aromatic N) is 2. The monoisotopic (exact) mass is 311 g/mol. The molecule has 0 saturated heterocycles. The summed E-state index contributed by atoms with van der Waals surface area (Å²) in [5.41, 5.74) is 0.864. The number of amides is 1. The van der Waals surface area contributed by atoms with Gasteiger partial charge >= 0.3 is 6.61 Å². The molecule has 22 heavy (non-hydrogen) atoms. The topological polar surface area (TPSA) is 76.4 Å². The highest BCUT2D eigenvalue weighted by Gasteiger charge is 2.12. The van der Waals surface area contributed by atoms with E-state index < -0.39 is 12.7 Å². The normalized spacial score (nSPS) is 12.2. The van der Waals surface area contributed by atoms with Crippen LogP contribution in [0.15, 0.2) is 36.7 Å². The van der Waals surface area contributed by atoms with Crippen molar-refractivity contribution in [1.82, 2.24) is 15.1 Å². The van der Waals surface area contributed by atoms with Gasteiger partial charge in [0.1, 0.15) is 5.75 Å². The van der Waals surface area contributed by atoms with Crippen LogP contribution in [0.2, 0.25) is 0 Å². The number of hydrogen-bond donors (Lipinski definition) is 2. The number of benzene rings is 1. The molecule has 0 aliphatic rings. The van der Waals surface area contributed by atoms with Crippen LogP contribution in [-0.4, -0.2) is 34.0 Å². The molecular weight excluding hydrogens is 296 g/mol. The van der Waals surface area contributed by atoms with Gasteiger partial charge in [-0.25, -0.2) is 0 Å². The molecular formula is C14H15F2N3O3. The number of carbonyl (C=O) groups is 1. The fourth-order valence-corrected chi connectivity index (χ4v) is 1.82. The SMILES string of the molecule is Cn1cc(C(=O)NCC(O)c2ccc(OC(F)F)cc2)cn1. The third-order valence-corrected chi connectivity index (χ3v) is 2.91. The van der Waals surface area contributed by atoms with Crippen LogP contribution in [0.4, 0.5) is 8.78 Å². The van der Waals surface area contributed by atoms with Crippen molar-refractivity contribution in [2.24, 2.45) is 7.05 Å². The second kappa shape index (κ2) is 6.99. The molecule has 6 nitrogen and oxygen atoms in total. The Balaban J connectivity index is 1.89. The molecule has 1 heterocycles. The summed E-state index contributed by atoms with van der Waals surface area (Å²) >= 11 is 0. The Morgan fingerprint density at radius 3 is 2.64 bits per heavy atom. The molecule has 1 unspecified atom stereocenters. The zero-order valence-electron chi connectivity index (χ0n) is 11.7. The molecule has 1 atom stereocenters. The summed E-state index contributed by atoms with van der Waals surface area (Å²) in [5, 5.41) is 16.4. The van der Waals surface area contributed by atoms with Crippen LogP contribution in [0.1, 0.15) is 22.0 Å². The van der Waals surface area contributed by atoms with Crippen molar-refractivity contribution in [1.29, 1.82) is 0 Å². The van der Waals surface area contributed by atoms with Crippen molar-refractivity contribution >= 4 is 5.91 Å². The van der Waals surface area contributed by atoms with E-state index in [1.165, 1.54) is 35.1 Å². The van der Waals surface area contributed by atoms with Crippen LogP contribution in [0.5, 0.6) is 5.75 Å². The maximum absolute atomic E-state index is 12.0. The summed E-state index contributed by atoms with van der Waals surface area (Å²) in [7, 11) is 1.69. The molecule has 0 spiro atoms. The van der Waals surface area contributed by atoms with E-state index >= 15 is 0 Å². The van der Waals surface area contributed by atoms with Gasteiger partial charge in [-0.2, -0.15) is 13.9 Å². The summed E-state index contributed by atoms with van der Waals surface area (Å²) in [5.74, 6) is -0.352. The zero-order chi connectivity index (χ0) is 16.1. The molecule has 0 fully saturated rings. The Kier molecular flexibility index (Phi) is 5.05. The molecule has 1 aromatic carbocycles. The zero-order valence-corrected chi connectivity index (χ0v) is 11.7. The summed E-state index contributed by atoms with van der Waals surface area (Å²) in [6, 6.07) is 5.57. The minimum Gasteiger partial charge on any atom is -0.435 e. The van der Waals surface area contributed by atoms with E-state index in [2.05, 4.69) is 15.2 Å². The number of nitrogens with one attached hydrogen (secondary N) is 1. The van der Waals surface area contributed by atoms with Crippen LogP contribution in [0.25, 0.3) is 0 Å². The maximum Gasteiger partial charge on any atom is 0.387 e. The number of carbonyl (C=O) groups excluding carboxylic acids is 1. The number of aromatic nitrogens is 2. The number of rotatable bonds is 6. The van der Waals surface area contributed by atoms with Gasteiger partial charge in [-0.15, -0.1) is 0 Å². The highest BCUT2D eigenvalue weighted by molar-refractivity contribution is 5.93.